The van der Waals surface area contributed by atoms with Crippen LogP contribution in [0.4, 0.5) is 5.69 Å². The summed E-state index contributed by atoms with van der Waals surface area (Å²) in [7, 11) is 1.87. The van der Waals surface area contributed by atoms with E-state index >= 15 is 0 Å². The average Bonchev–Trinajstić information content (AvgIpc) is 2.86. The maximum absolute atomic E-state index is 11.9. The summed E-state index contributed by atoms with van der Waals surface area (Å²) >= 11 is 7.70. The highest BCUT2D eigenvalue weighted by Gasteiger charge is 2.12. The third-order valence-corrected chi connectivity index (χ3v) is 4.68. The minimum Gasteiger partial charge on any atom is -0.326 e. The molecule has 1 aromatic heterocycles. The van der Waals surface area contributed by atoms with Gasteiger partial charge in [0.15, 0.2) is 5.16 Å². The van der Waals surface area contributed by atoms with Gasteiger partial charge < -0.3 is 9.88 Å². The van der Waals surface area contributed by atoms with Gasteiger partial charge in [-0.05, 0) is 36.4 Å². The molecule has 5 nitrogen and oxygen atoms in total. The fourth-order valence-electron chi connectivity index (χ4n) is 1.58. The number of nitrogens with one attached hydrogen (secondary N) is 1. The molecule has 7 heteroatoms. The molecular formula is C14H17ClN4OS. The van der Waals surface area contributed by atoms with Gasteiger partial charge in [-0.3, -0.25) is 4.79 Å². The molecule has 0 aliphatic carbocycles. The second-order valence-electron chi connectivity index (χ2n) is 4.77. The second-order valence-corrected chi connectivity index (χ2v) is 6.19. The number of aryl methyl sites for hydroxylation is 1. The summed E-state index contributed by atoms with van der Waals surface area (Å²) < 4.78 is 1.82. The zero-order valence-electron chi connectivity index (χ0n) is 12.1. The van der Waals surface area contributed by atoms with Crippen molar-refractivity contribution in [1.29, 1.82) is 0 Å². The number of hydrogen-bond donors (Lipinski definition) is 1. The number of rotatable bonds is 5. The van der Waals surface area contributed by atoms with Crippen molar-refractivity contribution in [1.82, 2.24) is 14.8 Å². The lowest BCUT2D eigenvalue weighted by atomic mass is 10.1. The Morgan fingerprint density at radius 3 is 2.86 bits per heavy atom. The molecule has 0 aliphatic rings. The first kappa shape index (κ1) is 15.9. The van der Waals surface area contributed by atoms with E-state index in [0.717, 1.165) is 16.5 Å². The molecular weight excluding hydrogens is 308 g/mol. The van der Waals surface area contributed by atoms with E-state index in [9.17, 15) is 4.79 Å². The van der Waals surface area contributed by atoms with Gasteiger partial charge in [0.05, 0.1) is 5.02 Å². The van der Waals surface area contributed by atoms with Crippen molar-refractivity contribution in [3.05, 3.63) is 29.5 Å². The molecule has 2 aromatic rings. The van der Waals surface area contributed by atoms with Gasteiger partial charge in [0, 0.05) is 23.5 Å². The molecule has 0 bridgehead atoms. The van der Waals surface area contributed by atoms with Gasteiger partial charge in [0.2, 0.25) is 5.91 Å². The molecule has 1 N–H and O–H groups in total. The van der Waals surface area contributed by atoms with Crippen LogP contribution in [0.25, 0.3) is 0 Å². The number of amides is 1. The van der Waals surface area contributed by atoms with E-state index in [-0.39, 0.29) is 11.8 Å². The zero-order valence-corrected chi connectivity index (χ0v) is 13.7. The van der Waals surface area contributed by atoms with Gasteiger partial charge in [0.25, 0.3) is 0 Å². The van der Waals surface area contributed by atoms with Gasteiger partial charge >= 0.3 is 0 Å². The van der Waals surface area contributed by atoms with E-state index in [2.05, 4.69) is 15.5 Å². The summed E-state index contributed by atoms with van der Waals surface area (Å²) in [4.78, 5) is 12.7. The number of carbonyl (C=O) groups is 1. The summed E-state index contributed by atoms with van der Waals surface area (Å²) in [5.74, 6) is -0.0151. The van der Waals surface area contributed by atoms with Crippen LogP contribution in [0.2, 0.25) is 5.02 Å². The van der Waals surface area contributed by atoms with Crippen LogP contribution in [-0.4, -0.2) is 20.7 Å². The molecule has 0 saturated heterocycles. The Bertz CT molecular complexity index is 644. The number of nitrogens with zero attached hydrogens (tertiary/aromatic N) is 3. The Kier molecular flexibility index (Phi) is 5.25. The highest BCUT2D eigenvalue weighted by atomic mass is 35.5. The molecule has 0 spiro atoms. The maximum atomic E-state index is 11.9. The monoisotopic (exact) mass is 324 g/mol. The molecule has 0 aliphatic heterocycles. The smallest absolute Gasteiger partial charge is 0.227 e. The van der Waals surface area contributed by atoms with E-state index in [4.69, 9.17) is 11.6 Å². The highest BCUT2D eigenvalue weighted by Crippen LogP contribution is 2.33. The first-order valence-electron chi connectivity index (χ1n) is 6.63. The quantitative estimate of drug-likeness (QED) is 0.912. The van der Waals surface area contributed by atoms with Crippen LogP contribution in [-0.2, 0) is 11.8 Å². The number of aromatic nitrogens is 3. The van der Waals surface area contributed by atoms with Gasteiger partial charge in [-0.2, -0.15) is 0 Å². The third kappa shape index (κ3) is 3.98. The predicted octanol–water partition coefficient (Wildman–Crippen LogP) is 3.60. The van der Waals surface area contributed by atoms with Crippen molar-refractivity contribution >= 4 is 35.0 Å². The third-order valence-electron chi connectivity index (χ3n) is 3.13. The van der Waals surface area contributed by atoms with E-state index in [1.54, 1.807) is 12.4 Å². The number of halogens is 1. The maximum Gasteiger partial charge on any atom is 0.227 e. The molecule has 21 heavy (non-hydrogen) atoms. The lowest BCUT2D eigenvalue weighted by molar-refractivity contribution is -0.119. The Hall–Kier alpha value is -1.53. The highest BCUT2D eigenvalue weighted by molar-refractivity contribution is 7.99. The van der Waals surface area contributed by atoms with Crippen LogP contribution in [0, 0.1) is 5.92 Å². The fraction of sp³-hybridized carbons (Fsp3) is 0.357. The van der Waals surface area contributed by atoms with E-state index in [0.29, 0.717) is 10.7 Å². The van der Waals surface area contributed by atoms with Crippen LogP contribution in [0.3, 0.4) is 0 Å². The van der Waals surface area contributed by atoms with Crippen molar-refractivity contribution < 1.29 is 4.79 Å². The van der Waals surface area contributed by atoms with Crippen molar-refractivity contribution in [2.75, 3.05) is 5.32 Å². The number of carbonyl (C=O) groups excluding carboxylic acids is 1. The minimum atomic E-state index is -0.0172. The predicted molar refractivity (Wildman–Crippen MR) is 84.7 cm³/mol. The van der Waals surface area contributed by atoms with Gasteiger partial charge in [-0.15, -0.1) is 10.2 Å². The second kappa shape index (κ2) is 6.95. The summed E-state index contributed by atoms with van der Waals surface area (Å²) in [6.45, 7) is 3.88. The lowest BCUT2D eigenvalue weighted by Gasteiger charge is -2.11. The minimum absolute atomic E-state index is 0.00210. The van der Waals surface area contributed by atoms with E-state index in [1.165, 1.54) is 11.8 Å². The fourth-order valence-corrected chi connectivity index (χ4v) is 2.64. The molecule has 1 heterocycles. The lowest BCUT2D eigenvalue weighted by Crippen LogP contribution is -2.19. The average molecular weight is 325 g/mol. The van der Waals surface area contributed by atoms with Crippen LogP contribution in [0.5, 0.6) is 0 Å². The molecule has 0 fully saturated rings. The molecule has 0 saturated carbocycles. The van der Waals surface area contributed by atoms with Gasteiger partial charge in [-0.1, -0.05) is 25.4 Å². The van der Waals surface area contributed by atoms with E-state index in [1.807, 2.05) is 37.6 Å². The molecule has 1 aromatic carbocycles. The van der Waals surface area contributed by atoms with Crippen molar-refractivity contribution in [3.63, 3.8) is 0 Å². The Balaban J connectivity index is 2.11. The number of anilines is 1. The zero-order chi connectivity index (χ0) is 15.4. The summed E-state index contributed by atoms with van der Waals surface area (Å²) in [6, 6.07) is 5.46. The molecule has 112 valence electrons. The molecule has 2 rings (SSSR count). The van der Waals surface area contributed by atoms with Crippen molar-refractivity contribution in [2.45, 2.75) is 30.3 Å². The first-order valence-corrected chi connectivity index (χ1v) is 7.83. The topological polar surface area (TPSA) is 59.8 Å². The molecule has 1 atom stereocenters. The van der Waals surface area contributed by atoms with Crippen molar-refractivity contribution in [3.8, 4) is 0 Å². The normalized spacial score (nSPS) is 12.2. The van der Waals surface area contributed by atoms with Gasteiger partial charge in [-0.25, -0.2) is 0 Å². The summed E-state index contributed by atoms with van der Waals surface area (Å²) in [5, 5.41) is 12.0. The number of benzene rings is 1. The molecule has 0 radical (unpaired) electrons. The summed E-state index contributed by atoms with van der Waals surface area (Å²) in [6.07, 6.45) is 2.44. The first-order chi connectivity index (χ1) is 10.0. The number of hydrogen-bond acceptors (Lipinski definition) is 4. The standard InChI is InChI=1S/C14H17ClN4OS/c1-4-9(2)13(20)17-10-5-6-12(11(15)7-10)21-14-18-16-8-19(14)3/h5-9H,4H2,1-3H3,(H,17,20). The Labute approximate surface area is 133 Å². The van der Waals surface area contributed by atoms with Gasteiger partial charge in [0.1, 0.15) is 6.33 Å². The van der Waals surface area contributed by atoms with E-state index < -0.39 is 0 Å². The molecule has 1 unspecified atom stereocenters. The SMILES string of the molecule is CCC(C)C(=O)Nc1ccc(Sc2nncn2C)c(Cl)c1. The van der Waals surface area contributed by atoms with Crippen LogP contribution in [0.1, 0.15) is 20.3 Å². The largest absolute Gasteiger partial charge is 0.326 e. The van der Waals surface area contributed by atoms with Crippen molar-refractivity contribution in [2.24, 2.45) is 13.0 Å². The summed E-state index contributed by atoms with van der Waals surface area (Å²) in [5.41, 5.74) is 0.701. The van der Waals surface area contributed by atoms with Crippen LogP contribution in [0.15, 0.2) is 34.6 Å². The van der Waals surface area contributed by atoms with Crippen LogP contribution >= 0.6 is 23.4 Å². The Morgan fingerprint density at radius 2 is 2.29 bits per heavy atom. The van der Waals surface area contributed by atoms with Crippen LogP contribution < -0.4 is 5.32 Å². The molecule has 1 amide bonds. The Morgan fingerprint density at radius 1 is 1.52 bits per heavy atom.